The molecule has 4 N–H and O–H groups in total. The lowest BCUT2D eigenvalue weighted by Crippen LogP contribution is -2.35. The second-order valence-corrected chi connectivity index (χ2v) is 7.22. The Labute approximate surface area is 184 Å². The van der Waals surface area contributed by atoms with Gasteiger partial charge in [-0.15, -0.1) is 0 Å². The second-order valence-electron chi connectivity index (χ2n) is 6.81. The zero-order chi connectivity index (χ0) is 21.6. The van der Waals surface area contributed by atoms with Gasteiger partial charge in [0.25, 0.3) is 0 Å². The monoisotopic (exact) mass is 436 g/mol. The van der Waals surface area contributed by atoms with Crippen LogP contribution in [0.25, 0.3) is 10.9 Å². The molecule has 0 spiro atoms. The molecule has 0 unspecified atom stereocenters. The van der Waals surface area contributed by atoms with Crippen LogP contribution in [0.2, 0.25) is 5.02 Å². The van der Waals surface area contributed by atoms with Crippen LogP contribution in [-0.4, -0.2) is 34.9 Å². The molecule has 2 aromatic heterocycles. The second kappa shape index (κ2) is 9.46. The topological polar surface area (TPSA) is 104 Å². The number of nitrogens with zero attached hydrogens (tertiary/aromatic N) is 2. The van der Waals surface area contributed by atoms with E-state index in [1.807, 2.05) is 48.5 Å². The summed E-state index contributed by atoms with van der Waals surface area (Å²) < 4.78 is 5.24. The molecule has 0 saturated carbocycles. The van der Waals surface area contributed by atoms with Crippen LogP contribution in [0.4, 0.5) is 22.1 Å². The predicted octanol–water partition coefficient (Wildman–Crippen LogP) is 4.86. The van der Waals surface area contributed by atoms with Crippen LogP contribution in [0.3, 0.4) is 0 Å². The number of fused-ring (bicyclic) bond motifs is 1. The molecule has 4 aromatic rings. The maximum absolute atomic E-state index is 12.5. The average molecular weight is 437 g/mol. The number of rotatable bonds is 7. The van der Waals surface area contributed by atoms with Crippen LogP contribution in [0.15, 0.2) is 66.9 Å². The average Bonchev–Trinajstić information content (AvgIpc) is 3.17. The first-order valence-electron chi connectivity index (χ1n) is 9.61. The number of aromatic nitrogens is 3. The number of H-pyrrole nitrogens is 1. The first-order valence-corrected chi connectivity index (χ1v) is 9.99. The van der Waals surface area contributed by atoms with Crippen molar-refractivity contribution in [3.8, 4) is 0 Å². The minimum Gasteiger partial charge on any atom is -0.382 e. The number of nitrogens with one attached hydrogen (secondary N) is 4. The number of para-hydroxylation sites is 1. The van der Waals surface area contributed by atoms with Crippen LogP contribution in [0.5, 0.6) is 0 Å². The van der Waals surface area contributed by atoms with Gasteiger partial charge in [0.15, 0.2) is 5.82 Å². The first-order chi connectivity index (χ1) is 15.1. The van der Waals surface area contributed by atoms with Crippen molar-refractivity contribution in [2.75, 3.05) is 24.4 Å². The van der Waals surface area contributed by atoms with Gasteiger partial charge in [-0.05, 0) is 17.7 Å². The van der Waals surface area contributed by atoms with Crippen LogP contribution in [0, 0.1) is 0 Å². The summed E-state index contributed by atoms with van der Waals surface area (Å²) in [7, 11) is 1.59. The Morgan fingerprint density at radius 2 is 1.94 bits per heavy atom. The Hall–Kier alpha value is -3.62. The molecule has 2 aromatic carbocycles. The summed E-state index contributed by atoms with van der Waals surface area (Å²) in [5.74, 6) is 0.984. The van der Waals surface area contributed by atoms with E-state index in [4.69, 9.17) is 16.3 Å². The molecule has 2 heterocycles. The van der Waals surface area contributed by atoms with Gasteiger partial charge in [0.05, 0.1) is 34.3 Å². The summed E-state index contributed by atoms with van der Waals surface area (Å²) in [6, 6.07) is 18.1. The maximum Gasteiger partial charge on any atom is 0.320 e. The van der Waals surface area contributed by atoms with E-state index < -0.39 is 0 Å². The number of pyridine rings is 1. The molecular formula is C22H21ClN6O2. The number of ether oxygens (including phenoxy) is 1. The van der Waals surface area contributed by atoms with E-state index in [9.17, 15) is 4.79 Å². The SMILES string of the molecule is COC[C@@H](NC(=O)Nc1cc2[nH]nc(Nc3ccccc3Cl)c2cn1)c1ccccc1. The lowest BCUT2D eigenvalue weighted by atomic mass is 10.1. The highest BCUT2D eigenvalue weighted by molar-refractivity contribution is 6.33. The number of hydrogen-bond donors (Lipinski definition) is 4. The van der Waals surface area contributed by atoms with Gasteiger partial charge in [-0.2, -0.15) is 5.10 Å². The minimum absolute atomic E-state index is 0.284. The van der Waals surface area contributed by atoms with Crippen molar-refractivity contribution in [3.63, 3.8) is 0 Å². The van der Waals surface area contributed by atoms with Crippen molar-refractivity contribution < 1.29 is 9.53 Å². The number of hydrogen-bond acceptors (Lipinski definition) is 5. The Balaban J connectivity index is 1.46. The first kappa shape index (κ1) is 20.6. The van der Waals surface area contributed by atoms with Crippen molar-refractivity contribution in [1.29, 1.82) is 0 Å². The summed E-state index contributed by atoms with van der Waals surface area (Å²) >= 11 is 6.20. The third kappa shape index (κ3) is 4.93. The summed E-state index contributed by atoms with van der Waals surface area (Å²) in [4.78, 5) is 16.9. The predicted molar refractivity (Wildman–Crippen MR) is 122 cm³/mol. The molecule has 158 valence electrons. The number of benzene rings is 2. The van der Waals surface area contributed by atoms with Gasteiger partial charge in [0.1, 0.15) is 5.82 Å². The van der Waals surface area contributed by atoms with Crippen LogP contribution in [0.1, 0.15) is 11.6 Å². The van der Waals surface area contributed by atoms with Crippen LogP contribution >= 0.6 is 11.6 Å². The minimum atomic E-state index is -0.383. The highest BCUT2D eigenvalue weighted by atomic mass is 35.5. The van der Waals surface area contributed by atoms with E-state index in [1.54, 1.807) is 25.4 Å². The normalized spacial score (nSPS) is 11.8. The number of aromatic amines is 1. The Morgan fingerprint density at radius 1 is 1.16 bits per heavy atom. The lowest BCUT2D eigenvalue weighted by Gasteiger charge is -2.18. The largest absolute Gasteiger partial charge is 0.382 e. The zero-order valence-electron chi connectivity index (χ0n) is 16.7. The number of halogens is 1. The summed E-state index contributed by atoms with van der Waals surface area (Å²) in [6.45, 7) is 0.349. The van der Waals surface area contributed by atoms with Crippen molar-refractivity contribution in [2.45, 2.75) is 6.04 Å². The molecule has 1 atom stereocenters. The van der Waals surface area contributed by atoms with E-state index in [0.717, 1.165) is 22.2 Å². The molecule has 0 fully saturated rings. The Kier molecular flexibility index (Phi) is 6.30. The fraction of sp³-hybridized carbons (Fsp3) is 0.136. The third-order valence-corrected chi connectivity index (χ3v) is 4.99. The fourth-order valence-electron chi connectivity index (χ4n) is 3.15. The van der Waals surface area contributed by atoms with Gasteiger partial charge >= 0.3 is 6.03 Å². The molecule has 0 saturated heterocycles. The van der Waals surface area contributed by atoms with E-state index in [0.29, 0.717) is 23.3 Å². The Morgan fingerprint density at radius 3 is 2.71 bits per heavy atom. The number of carbonyl (C=O) groups excluding carboxylic acids is 1. The number of anilines is 3. The van der Waals surface area contributed by atoms with Crippen molar-refractivity contribution >= 4 is 45.9 Å². The number of carbonyl (C=O) groups is 1. The van der Waals surface area contributed by atoms with E-state index >= 15 is 0 Å². The lowest BCUT2D eigenvalue weighted by molar-refractivity contribution is 0.168. The summed E-state index contributed by atoms with van der Waals surface area (Å²) in [5, 5.41) is 17.4. The molecule has 0 radical (unpaired) electrons. The van der Waals surface area contributed by atoms with Gasteiger partial charge in [-0.3, -0.25) is 10.4 Å². The molecular weight excluding hydrogens is 416 g/mol. The molecule has 31 heavy (non-hydrogen) atoms. The molecule has 0 aliphatic carbocycles. The van der Waals surface area contributed by atoms with Crippen molar-refractivity contribution in [1.82, 2.24) is 20.5 Å². The van der Waals surface area contributed by atoms with E-state index in [1.165, 1.54) is 0 Å². The number of urea groups is 1. The summed E-state index contributed by atoms with van der Waals surface area (Å²) in [6.07, 6.45) is 1.64. The van der Waals surface area contributed by atoms with Crippen molar-refractivity contribution in [3.05, 3.63) is 77.4 Å². The molecule has 8 nitrogen and oxygen atoms in total. The van der Waals surface area contributed by atoms with Crippen molar-refractivity contribution in [2.24, 2.45) is 0 Å². The standard InChI is InChI=1S/C22H21ClN6O2/c1-31-13-19(14-7-3-2-4-8-14)26-22(30)27-20-11-18-15(12-24-20)21(29-28-18)25-17-10-6-5-9-16(17)23/h2-12,19H,13H2,1H3,(H2,25,28,29)(H2,24,26,27,30)/t19-/m1/s1. The Bertz CT molecular complexity index is 1180. The van der Waals surface area contributed by atoms with Gasteiger partial charge in [-0.25, -0.2) is 9.78 Å². The maximum atomic E-state index is 12.5. The van der Waals surface area contributed by atoms with E-state index in [2.05, 4.69) is 31.1 Å². The third-order valence-electron chi connectivity index (χ3n) is 4.66. The number of methoxy groups -OCH3 is 1. The van der Waals surface area contributed by atoms with E-state index in [-0.39, 0.29) is 12.1 Å². The fourth-order valence-corrected chi connectivity index (χ4v) is 3.33. The molecule has 2 amide bonds. The van der Waals surface area contributed by atoms with Gasteiger partial charge < -0.3 is 15.4 Å². The van der Waals surface area contributed by atoms with Gasteiger partial charge in [0.2, 0.25) is 0 Å². The highest BCUT2D eigenvalue weighted by Crippen LogP contribution is 2.28. The number of amides is 2. The summed E-state index contributed by atoms with van der Waals surface area (Å²) in [5.41, 5.74) is 2.41. The quantitative estimate of drug-likeness (QED) is 0.331. The molecule has 0 bridgehead atoms. The molecule has 0 aliphatic rings. The van der Waals surface area contributed by atoms with Gasteiger partial charge in [-0.1, -0.05) is 54.1 Å². The smallest absolute Gasteiger partial charge is 0.320 e. The van der Waals surface area contributed by atoms with Gasteiger partial charge in [0, 0.05) is 19.4 Å². The highest BCUT2D eigenvalue weighted by Gasteiger charge is 2.15. The molecule has 9 heteroatoms. The zero-order valence-corrected chi connectivity index (χ0v) is 17.5. The van der Waals surface area contributed by atoms with Crippen LogP contribution < -0.4 is 16.0 Å². The van der Waals surface area contributed by atoms with Crippen LogP contribution in [-0.2, 0) is 4.74 Å². The molecule has 0 aliphatic heterocycles. The molecule has 4 rings (SSSR count).